The number of carbonyl (C=O) groups excluding carboxylic acids is 1. The number of fused-ring (bicyclic) bond motifs is 1. The van der Waals surface area contributed by atoms with Crippen molar-refractivity contribution in [2.75, 3.05) is 0 Å². The normalized spacial score (nSPS) is 16.0. The Morgan fingerprint density at radius 3 is 2.47 bits per heavy atom. The number of hydrogen-bond donors (Lipinski definition) is 2. The molecule has 0 atom stereocenters. The fourth-order valence-electron chi connectivity index (χ4n) is 2.91. The molecule has 1 aliphatic rings. The van der Waals surface area contributed by atoms with Gasteiger partial charge in [0.2, 0.25) is 0 Å². The Morgan fingerprint density at radius 2 is 1.74 bits per heavy atom. The molecular weight excluding hydrogens is 240 g/mol. The van der Waals surface area contributed by atoms with E-state index in [1.165, 1.54) is 0 Å². The number of phenolic OH excluding ortho intramolecular Hbond substituents is 2. The monoisotopic (exact) mass is 256 g/mol. The first kappa shape index (κ1) is 12.0. The van der Waals surface area contributed by atoms with Crippen LogP contribution in [0.3, 0.4) is 0 Å². The second kappa shape index (κ2) is 4.57. The molecule has 0 unspecified atom stereocenters. The minimum Gasteiger partial charge on any atom is -0.504 e. The van der Waals surface area contributed by atoms with Crippen LogP contribution in [0.2, 0.25) is 0 Å². The van der Waals surface area contributed by atoms with E-state index in [0.29, 0.717) is 5.39 Å². The summed E-state index contributed by atoms with van der Waals surface area (Å²) in [5.74, 6) is -0.530. The fourth-order valence-corrected chi connectivity index (χ4v) is 2.91. The van der Waals surface area contributed by atoms with Gasteiger partial charge in [-0.3, -0.25) is 4.79 Å². The van der Waals surface area contributed by atoms with Gasteiger partial charge in [0, 0.05) is 11.3 Å². The molecule has 0 amide bonds. The van der Waals surface area contributed by atoms with Crippen molar-refractivity contribution in [3.8, 4) is 11.5 Å². The van der Waals surface area contributed by atoms with E-state index in [4.69, 9.17) is 0 Å². The summed E-state index contributed by atoms with van der Waals surface area (Å²) in [6.07, 6.45) is 3.89. The van der Waals surface area contributed by atoms with Crippen molar-refractivity contribution < 1.29 is 15.0 Å². The SMILES string of the molecule is O=C(c1cc2ccccc2c(O)c1O)C1CCCC1. The maximum atomic E-state index is 12.4. The van der Waals surface area contributed by atoms with Gasteiger partial charge in [-0.15, -0.1) is 0 Å². The lowest BCUT2D eigenvalue weighted by atomic mass is 9.93. The van der Waals surface area contributed by atoms with E-state index < -0.39 is 0 Å². The van der Waals surface area contributed by atoms with Crippen LogP contribution in [-0.2, 0) is 0 Å². The lowest BCUT2D eigenvalue weighted by molar-refractivity contribution is 0.0919. The summed E-state index contributed by atoms with van der Waals surface area (Å²) in [6, 6.07) is 8.89. The zero-order valence-electron chi connectivity index (χ0n) is 10.6. The van der Waals surface area contributed by atoms with Crippen molar-refractivity contribution in [1.29, 1.82) is 0 Å². The number of hydrogen-bond acceptors (Lipinski definition) is 3. The highest BCUT2D eigenvalue weighted by atomic mass is 16.3. The molecule has 0 aliphatic heterocycles. The van der Waals surface area contributed by atoms with Crippen LogP contribution in [0, 0.1) is 5.92 Å². The van der Waals surface area contributed by atoms with Gasteiger partial charge in [0.25, 0.3) is 0 Å². The van der Waals surface area contributed by atoms with E-state index in [2.05, 4.69) is 0 Å². The van der Waals surface area contributed by atoms with E-state index in [-0.39, 0.29) is 28.8 Å². The fraction of sp³-hybridized carbons (Fsp3) is 0.312. The molecule has 1 saturated carbocycles. The van der Waals surface area contributed by atoms with Gasteiger partial charge in [0.15, 0.2) is 17.3 Å². The van der Waals surface area contributed by atoms with Crippen molar-refractivity contribution in [3.63, 3.8) is 0 Å². The summed E-state index contributed by atoms with van der Waals surface area (Å²) in [5.41, 5.74) is 0.253. The van der Waals surface area contributed by atoms with Crippen molar-refractivity contribution >= 4 is 16.6 Å². The molecule has 0 aromatic heterocycles. The van der Waals surface area contributed by atoms with Crippen molar-refractivity contribution in [2.24, 2.45) is 5.92 Å². The van der Waals surface area contributed by atoms with Crippen LogP contribution in [-0.4, -0.2) is 16.0 Å². The minimum absolute atomic E-state index is 0.00791. The first-order valence-corrected chi connectivity index (χ1v) is 6.66. The van der Waals surface area contributed by atoms with Gasteiger partial charge in [-0.1, -0.05) is 37.1 Å². The average molecular weight is 256 g/mol. The Hall–Kier alpha value is -2.03. The molecule has 3 heteroatoms. The number of carbonyl (C=O) groups is 1. The molecule has 19 heavy (non-hydrogen) atoms. The zero-order valence-corrected chi connectivity index (χ0v) is 10.6. The predicted molar refractivity (Wildman–Crippen MR) is 73.6 cm³/mol. The quantitative estimate of drug-likeness (QED) is 0.637. The van der Waals surface area contributed by atoms with Crippen LogP contribution in [0.1, 0.15) is 36.0 Å². The second-order valence-electron chi connectivity index (χ2n) is 5.19. The molecule has 0 heterocycles. The molecule has 0 bridgehead atoms. The average Bonchev–Trinajstić information content (AvgIpc) is 2.96. The van der Waals surface area contributed by atoms with Crippen molar-refractivity contribution in [1.82, 2.24) is 0 Å². The van der Waals surface area contributed by atoms with Gasteiger partial charge < -0.3 is 10.2 Å². The number of ketones is 1. The molecular formula is C16H16O3. The van der Waals surface area contributed by atoms with Crippen LogP contribution in [0.25, 0.3) is 10.8 Å². The van der Waals surface area contributed by atoms with Gasteiger partial charge in [0.1, 0.15) is 0 Å². The van der Waals surface area contributed by atoms with Gasteiger partial charge in [-0.05, 0) is 24.3 Å². The second-order valence-corrected chi connectivity index (χ2v) is 5.19. The Labute approximate surface area is 111 Å². The third kappa shape index (κ3) is 1.95. The first-order valence-electron chi connectivity index (χ1n) is 6.66. The molecule has 2 N–H and O–H groups in total. The summed E-state index contributed by atoms with van der Waals surface area (Å²) in [7, 11) is 0. The van der Waals surface area contributed by atoms with Crippen molar-refractivity contribution in [2.45, 2.75) is 25.7 Å². The molecule has 98 valence electrons. The molecule has 3 nitrogen and oxygen atoms in total. The molecule has 2 aromatic rings. The molecule has 3 rings (SSSR count). The largest absolute Gasteiger partial charge is 0.504 e. The van der Waals surface area contributed by atoms with Gasteiger partial charge in [-0.25, -0.2) is 0 Å². The molecule has 0 radical (unpaired) electrons. The lowest BCUT2D eigenvalue weighted by Crippen LogP contribution is -2.11. The Balaban J connectivity index is 2.13. The van der Waals surface area contributed by atoms with E-state index in [9.17, 15) is 15.0 Å². The molecule has 2 aromatic carbocycles. The van der Waals surface area contributed by atoms with Crippen LogP contribution >= 0.6 is 0 Å². The van der Waals surface area contributed by atoms with Crippen LogP contribution in [0.5, 0.6) is 11.5 Å². The molecule has 0 spiro atoms. The maximum Gasteiger partial charge on any atom is 0.169 e. The summed E-state index contributed by atoms with van der Waals surface area (Å²) in [5, 5.41) is 21.4. The molecule has 1 aliphatic carbocycles. The lowest BCUT2D eigenvalue weighted by Gasteiger charge is -2.12. The van der Waals surface area contributed by atoms with E-state index >= 15 is 0 Å². The Morgan fingerprint density at radius 1 is 1.05 bits per heavy atom. The van der Waals surface area contributed by atoms with E-state index in [1.54, 1.807) is 18.2 Å². The standard InChI is InChI=1S/C16H16O3/c17-14(10-5-1-2-6-10)13-9-11-7-3-4-8-12(11)15(18)16(13)19/h3-4,7-10,18-19H,1-2,5-6H2. The van der Waals surface area contributed by atoms with Crippen LogP contribution in [0.4, 0.5) is 0 Å². The summed E-state index contributed by atoms with van der Waals surface area (Å²) in [4.78, 5) is 12.4. The van der Waals surface area contributed by atoms with Crippen LogP contribution in [0.15, 0.2) is 30.3 Å². The number of rotatable bonds is 2. The summed E-state index contributed by atoms with van der Waals surface area (Å²) >= 11 is 0. The number of Topliss-reactive ketones (excluding diaryl/α,β-unsaturated/α-hetero) is 1. The number of aromatic hydroxyl groups is 2. The number of phenols is 2. The van der Waals surface area contributed by atoms with E-state index in [0.717, 1.165) is 31.1 Å². The predicted octanol–water partition coefficient (Wildman–Crippen LogP) is 3.62. The Bertz CT molecular complexity index is 640. The van der Waals surface area contributed by atoms with Crippen molar-refractivity contribution in [3.05, 3.63) is 35.9 Å². The summed E-state index contributed by atoms with van der Waals surface area (Å²) < 4.78 is 0. The van der Waals surface area contributed by atoms with Crippen LogP contribution < -0.4 is 0 Å². The Kier molecular flexibility index (Phi) is 2.90. The third-order valence-corrected chi connectivity index (χ3v) is 3.99. The highest BCUT2D eigenvalue weighted by Crippen LogP contribution is 2.39. The minimum atomic E-state index is -0.282. The molecule has 0 saturated heterocycles. The van der Waals surface area contributed by atoms with Gasteiger partial charge in [0.05, 0.1) is 5.56 Å². The summed E-state index contributed by atoms with van der Waals surface area (Å²) in [6.45, 7) is 0. The van der Waals surface area contributed by atoms with E-state index in [1.807, 2.05) is 12.1 Å². The zero-order chi connectivity index (χ0) is 13.4. The smallest absolute Gasteiger partial charge is 0.169 e. The third-order valence-electron chi connectivity index (χ3n) is 3.99. The highest BCUT2D eigenvalue weighted by molar-refractivity contribution is 6.06. The first-order chi connectivity index (χ1) is 9.18. The topological polar surface area (TPSA) is 57.5 Å². The maximum absolute atomic E-state index is 12.4. The number of benzene rings is 2. The molecule has 1 fully saturated rings. The van der Waals surface area contributed by atoms with Gasteiger partial charge >= 0.3 is 0 Å². The van der Waals surface area contributed by atoms with Gasteiger partial charge in [-0.2, -0.15) is 0 Å². The highest BCUT2D eigenvalue weighted by Gasteiger charge is 2.27.